The first-order valence-corrected chi connectivity index (χ1v) is 48.0. The number of fused-ring (bicyclic) bond motifs is 3. The van der Waals surface area contributed by atoms with Crippen LogP contribution in [-0.2, 0) is 127 Å². The zero-order chi connectivity index (χ0) is 98.9. The number of halogens is 1. The summed E-state index contributed by atoms with van der Waals surface area (Å²) in [5, 5.41) is 28.8. The molecule has 2 aliphatic carbocycles. The summed E-state index contributed by atoms with van der Waals surface area (Å²) in [4.78, 5) is 95.0. The van der Waals surface area contributed by atoms with E-state index in [0.717, 1.165) is 120 Å². The number of pyridine rings is 1. The molecule has 0 bridgehead atoms. The van der Waals surface area contributed by atoms with Crippen molar-refractivity contribution in [2.24, 2.45) is 0 Å². The average Bonchev–Trinajstić information content (AvgIpc) is 1.69. The van der Waals surface area contributed by atoms with E-state index in [1.807, 2.05) is 159 Å². The number of aryl methyl sites for hydroxylation is 2. The molecule has 4 N–H and O–H groups in total. The third-order valence-electron chi connectivity index (χ3n) is 21.0. The Bertz CT molecular complexity index is 6410. The summed E-state index contributed by atoms with van der Waals surface area (Å²) in [6, 6.07) is 98.3. The molecular weight excluding hydrogens is 2060 g/mol. The number of carboxylic acids is 3. The van der Waals surface area contributed by atoms with E-state index in [2.05, 4.69) is 72.1 Å². The van der Waals surface area contributed by atoms with E-state index in [1.54, 1.807) is 140 Å². The first-order chi connectivity index (χ1) is 66.1. The van der Waals surface area contributed by atoms with Crippen LogP contribution in [0.5, 0.6) is 34.5 Å². The molecule has 0 unspecified atom stereocenters. The van der Waals surface area contributed by atoms with Crippen LogP contribution in [0.25, 0.3) is 5.57 Å². The van der Waals surface area contributed by atoms with Crippen LogP contribution in [-0.4, -0.2) is 152 Å². The third kappa shape index (κ3) is 42.7. The topological polar surface area (TPSA) is 364 Å². The Morgan fingerprint density at radius 3 is 1.23 bits per heavy atom. The molecule has 0 fully saturated rings. The summed E-state index contributed by atoms with van der Waals surface area (Å²) in [6.07, 6.45) is 9.79. The minimum absolute atomic E-state index is 0. The third-order valence-corrected chi connectivity index (χ3v) is 21.0. The van der Waals surface area contributed by atoms with Crippen molar-refractivity contribution in [1.29, 1.82) is 0 Å². The van der Waals surface area contributed by atoms with Gasteiger partial charge in [0.15, 0.2) is 17.3 Å². The summed E-state index contributed by atoms with van der Waals surface area (Å²) in [5.74, 6) is 2.70. The molecule has 142 heavy (non-hydrogen) atoms. The molecule has 0 atom stereocenters. The number of hydrogen-bond donors (Lipinski definition) is 4. The van der Waals surface area contributed by atoms with Gasteiger partial charge in [0.05, 0.1) is 81.1 Å². The van der Waals surface area contributed by atoms with E-state index >= 15 is 0 Å². The second-order valence-electron chi connectivity index (χ2n) is 30.5. The van der Waals surface area contributed by atoms with E-state index in [9.17, 15) is 33.6 Å². The quantitative estimate of drug-likeness (QED) is 0.0153. The second-order valence-corrected chi connectivity index (χ2v) is 33.0. The van der Waals surface area contributed by atoms with Crippen molar-refractivity contribution >= 4 is 81.6 Å². The standard InChI is InChI=1S/C25H26N2O3.C18H18O4.C18H20O3.C16H14O4.C16H14O.C9H8O.C7H7O.C2H4O2.3CH4.BrH.Mg.4O.Os/c28-24(29)17-21-5-2-1-4-20(21)16-18-7-11-23(12-8-18)30-15-13-22-10-9-19-6-3-14-26-25(19)27-22;1-3-22-17(19)12-14-6-4-5-7-16(14)18(20)13-8-10-15(21-2)11-9-13;1-3-21-18(19)13-16-7-5-4-6-15(16)12-14-8-10-17(20-2)11-9-14;1-20-13-8-6-11(7-9-13)16(19)14-5-3-2-4-12(14)10-15(17)18;1-17-14-9-6-13(7-10-14)16-11-8-12-4-2-3-5-15(12)16;10-9-6-5-7-3-1-2-4-8(7)9;1-8-7-5-3-2-4-6-7;1-2(3)4;;;;;;;;;;/h1-2,4-5,7-12H,3,6,13-17H2,(H,26,27)(H,28,29);4-11H,3,12H2,1-2H3;4-11H,3,12-13H2,1-2H3;2-9H,10H2,1H3,(H,17,18);2-7,9-11H,8H2,1H3;1-4H,5-6H2;3-6H,1H3;1H3,(H,3,4);3*1H4;1H;;;;;;/q;;;;;;-1;;;;;;+2;;;;;/p-1. The van der Waals surface area contributed by atoms with E-state index in [0.29, 0.717) is 89.7 Å². The Morgan fingerprint density at radius 2 is 0.789 bits per heavy atom. The van der Waals surface area contributed by atoms with Gasteiger partial charge >= 0.3 is 75.9 Å². The van der Waals surface area contributed by atoms with Crippen LogP contribution in [0.15, 0.2) is 309 Å². The number of methoxy groups -OCH3 is 5. The molecule has 0 spiro atoms. The molecule has 1 aromatic heterocycles. The molecule has 25 nitrogen and oxygen atoms in total. The number of aliphatic carboxylic acids is 3. The number of carbonyl (C=O) groups is 8. The fraction of sp³-hybridized carbons (Fsp3) is 0.237. The fourth-order valence-corrected chi connectivity index (χ4v) is 14.3. The molecule has 13 aromatic rings. The minimum atomic E-state index is -6.06. The molecule has 744 valence electrons. The van der Waals surface area contributed by atoms with Gasteiger partial charge in [-0.05, 0) is 221 Å². The number of anilines is 1. The van der Waals surface area contributed by atoms with Gasteiger partial charge in [0, 0.05) is 65.6 Å². The van der Waals surface area contributed by atoms with Crippen LogP contribution in [0.2, 0.25) is 0 Å². The summed E-state index contributed by atoms with van der Waals surface area (Å²) in [7, 11) is 8.13. The van der Waals surface area contributed by atoms with Crippen LogP contribution in [0.3, 0.4) is 0 Å². The number of carboxylic acid groups (broad SMARTS) is 3. The first-order valence-electron chi connectivity index (χ1n) is 43.9. The van der Waals surface area contributed by atoms with Crippen LogP contribution >= 0.6 is 0 Å². The molecular formula is C114H123BrMgN2O23Os. The Kier molecular flexibility index (Phi) is 56.1. The van der Waals surface area contributed by atoms with Crippen molar-refractivity contribution in [3.8, 4) is 34.5 Å². The maximum absolute atomic E-state index is 12.6. The number of ether oxygens (including phenoxy) is 8. The van der Waals surface area contributed by atoms with Crippen LogP contribution < -0.4 is 50.7 Å². The summed E-state index contributed by atoms with van der Waals surface area (Å²) in [6.45, 7) is 6.97. The Labute approximate surface area is 861 Å². The number of carbonyl (C=O) groups excluding carboxylic acids is 5. The van der Waals surface area contributed by atoms with Crippen molar-refractivity contribution < 1.29 is 138 Å². The monoisotopic (exact) mass is 2180 g/mol. The summed E-state index contributed by atoms with van der Waals surface area (Å²) in [5.41, 5.74) is 19.4. The zero-order valence-electron chi connectivity index (χ0n) is 78.7. The van der Waals surface area contributed by atoms with Gasteiger partial charge < -0.3 is 75.5 Å². The van der Waals surface area contributed by atoms with Crippen molar-refractivity contribution in [3.63, 3.8) is 0 Å². The van der Waals surface area contributed by atoms with Crippen LogP contribution in [0.1, 0.15) is 176 Å². The Hall–Kier alpha value is -14.4. The fourth-order valence-electron chi connectivity index (χ4n) is 14.3. The number of rotatable bonds is 28. The summed E-state index contributed by atoms with van der Waals surface area (Å²) >= 11 is -6.06. The Morgan fingerprint density at radius 1 is 0.415 bits per heavy atom. The zero-order valence-corrected chi connectivity index (χ0v) is 84.2. The van der Waals surface area contributed by atoms with Gasteiger partial charge in [-0.2, -0.15) is 18.2 Å². The number of benzene rings is 12. The number of allylic oxidation sites excluding steroid dienone is 1. The normalized spacial score (nSPS) is 10.9. The molecule has 0 radical (unpaired) electrons. The van der Waals surface area contributed by atoms with Crippen molar-refractivity contribution in [2.45, 2.75) is 120 Å². The number of hydrogen-bond acceptors (Lipinski definition) is 22. The van der Waals surface area contributed by atoms with Gasteiger partial charge in [0.25, 0.3) is 5.97 Å². The summed E-state index contributed by atoms with van der Waals surface area (Å²) < 4.78 is 75.8. The molecule has 0 saturated heterocycles. The SMILES string of the molecule is C.C.C.CC(=O)O.CCOC(=O)Cc1ccccc1C(=O)c1ccc(OC)cc1.CCOC(=O)Cc1ccccc1Cc1ccc(OC)cc1.COc1cc[c-]cc1.COc1ccc(C(=O)c2ccccc2CC(=O)O)cc1.COc1ccc(C2=CCc3ccccc32)cc1.O=C(O)Cc1ccccc1Cc1ccc(OCCc2ccc3c(n2)NCCC3)cc1.O=C1CCc2ccccc21.[Br-].[Mg+2].[O]=[Os](=[O])(=[O])=[O]. The molecule has 12 aromatic carbocycles. The molecule has 28 heteroatoms. The predicted molar refractivity (Wildman–Crippen MR) is 540 cm³/mol. The number of Topliss-reactive ketones (excluding diaryl/α,β-unsaturated/α-hetero) is 1. The molecule has 2 heterocycles. The molecule has 0 saturated carbocycles. The van der Waals surface area contributed by atoms with Crippen molar-refractivity contribution in [3.05, 3.63) is 421 Å². The Balaban J connectivity index is 0.000000427. The van der Waals surface area contributed by atoms with Gasteiger partial charge in [-0.1, -0.05) is 216 Å². The van der Waals surface area contributed by atoms with Crippen molar-refractivity contribution in [1.82, 2.24) is 4.98 Å². The number of aromatic nitrogens is 1. The van der Waals surface area contributed by atoms with Crippen LogP contribution in [0.4, 0.5) is 5.82 Å². The van der Waals surface area contributed by atoms with Gasteiger partial charge in [-0.3, -0.25) is 38.4 Å². The molecule has 1 aliphatic heterocycles. The van der Waals surface area contributed by atoms with E-state index in [4.69, 9.17) is 77.1 Å². The van der Waals surface area contributed by atoms with E-state index < -0.39 is 32.7 Å². The van der Waals surface area contributed by atoms with Crippen LogP contribution in [0, 0.1) is 6.07 Å². The van der Waals surface area contributed by atoms with Gasteiger partial charge in [-0.15, -0.1) is 12.1 Å². The number of nitrogens with zero attached hydrogens (tertiary/aromatic N) is 1. The molecule has 3 aliphatic rings. The van der Waals surface area contributed by atoms with E-state index in [-0.39, 0.29) is 105 Å². The van der Waals surface area contributed by atoms with E-state index in [1.165, 1.54) is 39.0 Å². The van der Waals surface area contributed by atoms with Gasteiger partial charge in [-0.25, -0.2) is 4.98 Å². The molecule has 0 amide bonds. The number of ketones is 3. The van der Waals surface area contributed by atoms with Gasteiger partial charge in [0.1, 0.15) is 34.6 Å². The second kappa shape index (κ2) is 65.5. The maximum atomic E-state index is 12.6. The average molecular weight is 2180 g/mol. The predicted octanol–water partition coefficient (Wildman–Crippen LogP) is 18.4. The first kappa shape index (κ1) is 122. The van der Waals surface area contributed by atoms with Crippen molar-refractivity contribution in [2.75, 3.05) is 67.2 Å². The van der Waals surface area contributed by atoms with Gasteiger partial charge in [0.2, 0.25) is 0 Å². The molecule has 16 rings (SSSR count). The number of esters is 2. The number of nitrogens with one attached hydrogen (secondary N) is 1.